The molecule has 0 atom stereocenters. The molecule has 2 aromatic rings. The van der Waals surface area contributed by atoms with Gasteiger partial charge in [0.05, 0.1) is 10.4 Å². The number of nitrogens with one attached hydrogen (secondary N) is 2. The van der Waals surface area contributed by atoms with E-state index in [4.69, 9.17) is 4.42 Å². The zero-order chi connectivity index (χ0) is 19.4. The van der Waals surface area contributed by atoms with Gasteiger partial charge in [0.25, 0.3) is 0 Å². The molecule has 0 saturated carbocycles. The number of amides is 1. The van der Waals surface area contributed by atoms with Crippen LogP contribution in [0.3, 0.4) is 0 Å². The van der Waals surface area contributed by atoms with Gasteiger partial charge in [-0.15, -0.1) is 0 Å². The number of nitrogens with zero attached hydrogens (tertiary/aromatic N) is 2. The molecule has 0 aliphatic carbocycles. The molecule has 0 radical (unpaired) electrons. The van der Waals surface area contributed by atoms with E-state index in [0.29, 0.717) is 31.7 Å². The summed E-state index contributed by atoms with van der Waals surface area (Å²) in [5, 5.41) is 5.67. The average Bonchev–Trinajstić information content (AvgIpc) is 3.27. The van der Waals surface area contributed by atoms with Crippen molar-refractivity contribution in [2.75, 3.05) is 33.2 Å². The Labute approximate surface area is 157 Å². The summed E-state index contributed by atoms with van der Waals surface area (Å²) < 4.78 is 33.3. The molecule has 27 heavy (non-hydrogen) atoms. The van der Waals surface area contributed by atoms with Crippen molar-refractivity contribution in [3.63, 3.8) is 0 Å². The van der Waals surface area contributed by atoms with Gasteiger partial charge in [0.15, 0.2) is 5.58 Å². The molecule has 1 aromatic heterocycles. The molecule has 1 aliphatic heterocycles. The molecule has 0 spiro atoms. The summed E-state index contributed by atoms with van der Waals surface area (Å²) in [4.78, 5) is 24.1. The minimum atomic E-state index is -3.58. The van der Waals surface area contributed by atoms with Crippen molar-refractivity contribution in [3.05, 3.63) is 28.7 Å². The molecule has 1 aromatic carbocycles. The third-order valence-corrected chi connectivity index (χ3v) is 6.50. The summed E-state index contributed by atoms with van der Waals surface area (Å²) >= 11 is 0. The lowest BCUT2D eigenvalue weighted by atomic mass is 10.3. The minimum Gasteiger partial charge on any atom is -0.408 e. The predicted octanol–water partition coefficient (Wildman–Crippen LogP) is 0.105. The van der Waals surface area contributed by atoms with E-state index in [1.54, 1.807) is 13.1 Å². The highest BCUT2D eigenvalue weighted by Gasteiger charge is 2.28. The van der Waals surface area contributed by atoms with Crippen LogP contribution in [0, 0.1) is 0 Å². The number of carbonyl (C=O) groups is 1. The van der Waals surface area contributed by atoms with Crippen molar-refractivity contribution in [3.8, 4) is 0 Å². The predicted molar refractivity (Wildman–Crippen MR) is 100 cm³/mol. The van der Waals surface area contributed by atoms with Crippen LogP contribution in [0.5, 0.6) is 0 Å². The van der Waals surface area contributed by atoms with Gasteiger partial charge < -0.3 is 15.1 Å². The van der Waals surface area contributed by atoms with Gasteiger partial charge >= 0.3 is 5.76 Å². The van der Waals surface area contributed by atoms with E-state index in [9.17, 15) is 18.0 Å². The summed E-state index contributed by atoms with van der Waals surface area (Å²) in [6, 6.07) is 4.42. The first-order valence-electron chi connectivity index (χ1n) is 8.98. The third kappa shape index (κ3) is 4.23. The van der Waals surface area contributed by atoms with Gasteiger partial charge in [-0.05, 0) is 32.0 Å². The zero-order valence-electron chi connectivity index (χ0n) is 15.2. The van der Waals surface area contributed by atoms with Crippen molar-refractivity contribution < 1.29 is 17.6 Å². The maximum Gasteiger partial charge on any atom is 0.419 e. The Morgan fingerprint density at radius 1 is 1.22 bits per heavy atom. The number of benzene rings is 1. The summed E-state index contributed by atoms with van der Waals surface area (Å²) in [5.74, 6) is -0.775. The van der Waals surface area contributed by atoms with E-state index in [-0.39, 0.29) is 29.4 Å². The first kappa shape index (κ1) is 19.6. The number of hydrogen-bond acceptors (Lipinski definition) is 6. The highest BCUT2D eigenvalue weighted by Crippen LogP contribution is 2.24. The number of hydrogen-bond donors (Lipinski definition) is 2. The van der Waals surface area contributed by atoms with Gasteiger partial charge in [0, 0.05) is 45.2 Å². The molecular formula is C17H24N4O5S. The van der Waals surface area contributed by atoms with Crippen LogP contribution in [0.4, 0.5) is 0 Å². The number of rotatable bonds is 8. The molecule has 1 fully saturated rings. The summed E-state index contributed by atoms with van der Waals surface area (Å²) in [6.07, 6.45) is 1.83. The van der Waals surface area contributed by atoms with Crippen molar-refractivity contribution >= 4 is 27.0 Å². The fourth-order valence-electron chi connectivity index (χ4n) is 3.13. The Balaban J connectivity index is 1.78. The van der Waals surface area contributed by atoms with E-state index >= 15 is 0 Å². The number of likely N-dealkylation sites (N-methyl/N-ethyl adjacent to an activating group) is 1. The van der Waals surface area contributed by atoms with Gasteiger partial charge in [-0.25, -0.2) is 13.2 Å². The first-order chi connectivity index (χ1) is 12.9. The summed E-state index contributed by atoms with van der Waals surface area (Å²) in [5.41, 5.74) is 0.680. The number of aryl methyl sites for hydroxylation is 1. The lowest BCUT2D eigenvalue weighted by Crippen LogP contribution is -2.31. The van der Waals surface area contributed by atoms with Gasteiger partial charge in [-0.2, -0.15) is 4.31 Å². The highest BCUT2D eigenvalue weighted by molar-refractivity contribution is 7.89. The van der Waals surface area contributed by atoms with Crippen LogP contribution in [0.1, 0.15) is 19.3 Å². The monoisotopic (exact) mass is 396 g/mol. The van der Waals surface area contributed by atoms with Crippen molar-refractivity contribution in [2.24, 2.45) is 0 Å². The second-order valence-electron chi connectivity index (χ2n) is 6.46. The third-order valence-electron chi connectivity index (χ3n) is 4.60. The second-order valence-corrected chi connectivity index (χ2v) is 8.40. The molecule has 148 valence electrons. The maximum absolute atomic E-state index is 12.7. The smallest absolute Gasteiger partial charge is 0.408 e. The molecule has 1 saturated heterocycles. The molecular weight excluding hydrogens is 372 g/mol. The fraction of sp³-hybridized carbons (Fsp3) is 0.529. The van der Waals surface area contributed by atoms with E-state index < -0.39 is 15.8 Å². The Kier molecular flexibility index (Phi) is 5.98. The van der Waals surface area contributed by atoms with Crippen LogP contribution in [-0.2, 0) is 21.4 Å². The Morgan fingerprint density at radius 2 is 1.96 bits per heavy atom. The molecule has 0 unspecified atom stereocenters. The Morgan fingerprint density at radius 3 is 2.67 bits per heavy atom. The first-order valence-corrected chi connectivity index (χ1v) is 10.4. The van der Waals surface area contributed by atoms with Gasteiger partial charge in [0.2, 0.25) is 15.9 Å². The number of fused-ring (bicyclic) bond motifs is 1. The van der Waals surface area contributed by atoms with Crippen LogP contribution in [0.2, 0.25) is 0 Å². The lowest BCUT2D eigenvalue weighted by molar-refractivity contribution is -0.121. The van der Waals surface area contributed by atoms with E-state index in [1.165, 1.54) is 21.0 Å². The SMILES string of the molecule is CNCCNC(=O)CCn1c(=O)oc2cc(S(=O)(=O)N3CCCC3)ccc21. The maximum atomic E-state index is 12.7. The lowest BCUT2D eigenvalue weighted by Gasteiger charge is -2.15. The highest BCUT2D eigenvalue weighted by atomic mass is 32.2. The fourth-order valence-corrected chi connectivity index (χ4v) is 4.66. The number of carbonyl (C=O) groups excluding carboxylic acids is 1. The van der Waals surface area contributed by atoms with Gasteiger partial charge in [-0.3, -0.25) is 9.36 Å². The normalized spacial score (nSPS) is 15.4. The van der Waals surface area contributed by atoms with Crippen LogP contribution in [0.15, 0.2) is 32.3 Å². The summed E-state index contributed by atoms with van der Waals surface area (Å²) in [6.45, 7) is 2.35. The topological polar surface area (TPSA) is 114 Å². The Hall–Kier alpha value is -2.17. The van der Waals surface area contributed by atoms with Crippen LogP contribution >= 0.6 is 0 Å². The number of oxazole rings is 1. The quantitative estimate of drug-likeness (QED) is 0.612. The number of sulfonamides is 1. The molecule has 3 rings (SSSR count). The zero-order valence-corrected chi connectivity index (χ0v) is 16.0. The van der Waals surface area contributed by atoms with Gasteiger partial charge in [-0.1, -0.05) is 0 Å². The molecule has 0 bridgehead atoms. The largest absolute Gasteiger partial charge is 0.419 e. The second kappa shape index (κ2) is 8.24. The Bertz CT molecular complexity index is 973. The van der Waals surface area contributed by atoms with Crippen molar-refractivity contribution in [1.82, 2.24) is 19.5 Å². The molecule has 2 N–H and O–H groups in total. The standard InChI is InChI=1S/C17H24N4O5S/c1-18-7-8-19-16(22)6-11-21-14-5-4-13(12-15(14)26-17(21)23)27(24,25)20-9-2-3-10-20/h4-5,12,18H,2-3,6-11H2,1H3,(H,19,22). The van der Waals surface area contributed by atoms with Crippen molar-refractivity contribution in [1.29, 1.82) is 0 Å². The van der Waals surface area contributed by atoms with Crippen LogP contribution in [-0.4, -0.2) is 56.4 Å². The number of aromatic nitrogens is 1. The average molecular weight is 396 g/mol. The van der Waals surface area contributed by atoms with E-state index in [2.05, 4.69) is 10.6 Å². The molecule has 10 heteroatoms. The van der Waals surface area contributed by atoms with E-state index in [1.807, 2.05) is 0 Å². The van der Waals surface area contributed by atoms with Crippen molar-refractivity contribution in [2.45, 2.75) is 30.7 Å². The minimum absolute atomic E-state index is 0.114. The molecule has 1 amide bonds. The van der Waals surface area contributed by atoms with Crippen LogP contribution in [0.25, 0.3) is 11.1 Å². The summed E-state index contributed by atoms with van der Waals surface area (Å²) in [7, 11) is -1.79. The van der Waals surface area contributed by atoms with Crippen LogP contribution < -0.4 is 16.4 Å². The van der Waals surface area contributed by atoms with Gasteiger partial charge in [0.1, 0.15) is 0 Å². The molecule has 9 nitrogen and oxygen atoms in total. The van der Waals surface area contributed by atoms with E-state index in [0.717, 1.165) is 12.8 Å². The molecule has 1 aliphatic rings. The molecule has 2 heterocycles.